The number of hydrogen-bond acceptors (Lipinski definition) is 0. The molecule has 2 fully saturated rings. The highest BCUT2D eigenvalue weighted by Gasteiger charge is 2.35. The van der Waals surface area contributed by atoms with E-state index in [-0.39, 0.29) is 0 Å². The molecule has 1 radical (unpaired) electrons. The Kier molecular flexibility index (Phi) is 3.85. The zero-order valence-corrected chi connectivity index (χ0v) is 15.0. The van der Waals surface area contributed by atoms with Crippen LogP contribution in [0.3, 0.4) is 0 Å². The van der Waals surface area contributed by atoms with Gasteiger partial charge in [-0.05, 0) is 50.1 Å². The van der Waals surface area contributed by atoms with Crippen molar-refractivity contribution in [3.05, 3.63) is 48.5 Å². The van der Waals surface area contributed by atoms with Crippen LogP contribution in [0, 0.1) is 0 Å². The van der Waals surface area contributed by atoms with Gasteiger partial charge in [-0.2, -0.15) is 0 Å². The van der Waals surface area contributed by atoms with Gasteiger partial charge in [0, 0.05) is 21.8 Å². The SMILES string of the molecule is [B](C1CC[N+]2(CCCCC2)CC1)n1c2ccccc2c2ccccc21. The fraction of sp³-hybridized carbons (Fsp3) is 0.455. The average molecular weight is 330 g/mol. The molecule has 0 unspecified atom stereocenters. The molecular formula is C22H27BN2+. The van der Waals surface area contributed by atoms with E-state index in [4.69, 9.17) is 0 Å². The van der Waals surface area contributed by atoms with E-state index in [1.807, 2.05) is 0 Å². The van der Waals surface area contributed by atoms with Crippen molar-refractivity contribution < 1.29 is 4.48 Å². The minimum absolute atomic E-state index is 0.713. The summed E-state index contributed by atoms with van der Waals surface area (Å²) in [4.78, 5) is 0. The lowest BCUT2D eigenvalue weighted by atomic mass is 9.68. The highest BCUT2D eigenvalue weighted by molar-refractivity contribution is 6.41. The molecule has 2 aromatic carbocycles. The minimum Gasteiger partial charge on any atom is -0.390 e. The fourth-order valence-corrected chi connectivity index (χ4v) is 5.24. The van der Waals surface area contributed by atoms with Crippen molar-refractivity contribution in [2.24, 2.45) is 0 Å². The average Bonchev–Trinajstić information content (AvgIpc) is 2.99. The molecule has 0 N–H and O–H groups in total. The molecule has 0 amide bonds. The van der Waals surface area contributed by atoms with Gasteiger partial charge >= 0.3 is 0 Å². The van der Waals surface area contributed by atoms with Crippen molar-refractivity contribution in [2.45, 2.75) is 37.9 Å². The number of nitrogens with zero attached hydrogens (tertiary/aromatic N) is 2. The first-order valence-electron chi connectivity index (χ1n) is 10.0. The van der Waals surface area contributed by atoms with Crippen molar-refractivity contribution in [1.29, 1.82) is 0 Å². The third-order valence-corrected chi connectivity index (χ3v) is 6.69. The molecule has 3 aromatic rings. The van der Waals surface area contributed by atoms with Crippen LogP contribution in [0.4, 0.5) is 0 Å². The summed E-state index contributed by atoms with van der Waals surface area (Å²) >= 11 is 0. The zero-order valence-electron chi connectivity index (χ0n) is 15.0. The predicted molar refractivity (Wildman–Crippen MR) is 107 cm³/mol. The molecule has 2 aliphatic heterocycles. The first kappa shape index (κ1) is 15.5. The van der Waals surface area contributed by atoms with E-state index in [0.717, 1.165) is 0 Å². The smallest absolute Gasteiger partial charge is 0.256 e. The Morgan fingerprint density at radius 3 is 1.88 bits per heavy atom. The van der Waals surface area contributed by atoms with Gasteiger partial charge in [0.2, 0.25) is 0 Å². The zero-order chi connectivity index (χ0) is 16.7. The van der Waals surface area contributed by atoms with Crippen LogP contribution in [0.25, 0.3) is 21.8 Å². The summed E-state index contributed by atoms with van der Waals surface area (Å²) in [7, 11) is 2.53. The highest BCUT2D eigenvalue weighted by Crippen LogP contribution is 2.34. The second kappa shape index (κ2) is 6.21. The van der Waals surface area contributed by atoms with E-state index >= 15 is 0 Å². The van der Waals surface area contributed by atoms with Gasteiger partial charge in [0.25, 0.3) is 7.41 Å². The maximum absolute atomic E-state index is 2.53. The largest absolute Gasteiger partial charge is 0.390 e. The molecule has 25 heavy (non-hydrogen) atoms. The molecule has 3 heterocycles. The Labute approximate surface area is 151 Å². The summed E-state index contributed by atoms with van der Waals surface area (Å²) in [6.07, 6.45) is 7.04. The van der Waals surface area contributed by atoms with E-state index < -0.39 is 0 Å². The summed E-state index contributed by atoms with van der Waals surface area (Å²) < 4.78 is 3.89. The monoisotopic (exact) mass is 330 g/mol. The third-order valence-electron chi connectivity index (χ3n) is 6.69. The first-order valence-corrected chi connectivity index (χ1v) is 10.0. The van der Waals surface area contributed by atoms with E-state index in [0.29, 0.717) is 5.82 Å². The van der Waals surface area contributed by atoms with Gasteiger partial charge in [0.1, 0.15) is 0 Å². The second-order valence-corrected chi connectivity index (χ2v) is 8.19. The van der Waals surface area contributed by atoms with Crippen LogP contribution >= 0.6 is 0 Å². The molecule has 5 rings (SSSR count). The van der Waals surface area contributed by atoms with Gasteiger partial charge < -0.3 is 8.96 Å². The van der Waals surface area contributed by atoms with Crippen LogP contribution < -0.4 is 0 Å². The molecule has 3 heteroatoms. The number of rotatable bonds is 2. The number of hydrogen-bond donors (Lipinski definition) is 0. The van der Waals surface area contributed by atoms with Crippen molar-refractivity contribution >= 4 is 29.2 Å². The quantitative estimate of drug-likeness (QED) is 0.468. The summed E-state index contributed by atoms with van der Waals surface area (Å²) in [5.74, 6) is 0.713. The molecule has 0 bridgehead atoms. The van der Waals surface area contributed by atoms with Crippen LogP contribution in [0.15, 0.2) is 48.5 Å². The molecule has 2 nitrogen and oxygen atoms in total. The Bertz CT molecular complexity index is 828. The maximum Gasteiger partial charge on any atom is 0.256 e. The van der Waals surface area contributed by atoms with Crippen LogP contribution in [0.5, 0.6) is 0 Å². The summed E-state index contributed by atoms with van der Waals surface area (Å²) in [5, 5.41) is 2.76. The summed E-state index contributed by atoms with van der Waals surface area (Å²) in [6.45, 7) is 5.64. The summed E-state index contributed by atoms with van der Waals surface area (Å²) in [5.41, 5.74) is 2.72. The lowest BCUT2D eigenvalue weighted by molar-refractivity contribution is -0.936. The number of piperidine rings is 2. The van der Waals surface area contributed by atoms with Gasteiger partial charge in [0.15, 0.2) is 0 Å². The van der Waals surface area contributed by atoms with Gasteiger partial charge in [-0.1, -0.05) is 36.4 Å². The van der Waals surface area contributed by atoms with E-state index in [1.165, 1.54) is 84.6 Å². The number of quaternary nitrogens is 1. The fourth-order valence-electron chi connectivity index (χ4n) is 5.24. The normalized spacial score (nSPS) is 21.1. The Balaban J connectivity index is 1.42. The number of para-hydroxylation sites is 2. The van der Waals surface area contributed by atoms with Crippen molar-refractivity contribution in [3.8, 4) is 0 Å². The second-order valence-electron chi connectivity index (χ2n) is 8.19. The van der Waals surface area contributed by atoms with Gasteiger partial charge in [-0.25, -0.2) is 0 Å². The van der Waals surface area contributed by atoms with Crippen LogP contribution in [-0.2, 0) is 0 Å². The van der Waals surface area contributed by atoms with Crippen molar-refractivity contribution in [3.63, 3.8) is 0 Å². The van der Waals surface area contributed by atoms with Crippen LogP contribution in [0.1, 0.15) is 32.1 Å². The Hall–Kier alpha value is -1.74. The van der Waals surface area contributed by atoms with Crippen LogP contribution in [0.2, 0.25) is 5.82 Å². The van der Waals surface area contributed by atoms with E-state index in [9.17, 15) is 0 Å². The Morgan fingerprint density at radius 1 is 0.720 bits per heavy atom. The van der Waals surface area contributed by atoms with E-state index in [1.54, 1.807) is 0 Å². The van der Waals surface area contributed by atoms with Gasteiger partial charge in [0.05, 0.1) is 26.2 Å². The van der Waals surface area contributed by atoms with Gasteiger partial charge in [-0.3, -0.25) is 0 Å². The molecule has 1 aromatic heterocycles. The summed E-state index contributed by atoms with van der Waals surface area (Å²) in [6, 6.07) is 17.7. The Morgan fingerprint density at radius 2 is 1.28 bits per heavy atom. The number of aromatic nitrogens is 1. The molecule has 2 saturated heterocycles. The molecule has 0 saturated carbocycles. The van der Waals surface area contributed by atoms with Crippen LogP contribution in [-0.4, -0.2) is 42.6 Å². The molecule has 1 spiro atoms. The highest BCUT2D eigenvalue weighted by atomic mass is 15.4. The topological polar surface area (TPSA) is 4.93 Å². The maximum atomic E-state index is 2.53. The number of benzene rings is 2. The van der Waals surface area contributed by atoms with Crippen molar-refractivity contribution in [2.75, 3.05) is 26.2 Å². The molecular weight excluding hydrogens is 303 g/mol. The minimum atomic E-state index is 0.713. The van der Waals surface area contributed by atoms with Crippen molar-refractivity contribution in [1.82, 2.24) is 4.48 Å². The lowest BCUT2D eigenvalue weighted by Crippen LogP contribution is -2.55. The molecule has 127 valence electrons. The standard InChI is InChI=1S/C22H27BN2/c1-6-14-25(15-7-1)16-12-18(13-17-25)23-24-21-10-4-2-8-19(21)20-9-3-5-11-22(20)24/h2-5,8-11,18H,1,6-7,12-17H2/q+1. The molecule has 0 atom stereocenters. The first-order chi connectivity index (χ1) is 12.3. The molecule has 0 aliphatic carbocycles. The number of fused-ring (bicyclic) bond motifs is 3. The van der Waals surface area contributed by atoms with E-state index in [2.05, 4.69) is 60.4 Å². The lowest BCUT2D eigenvalue weighted by Gasteiger charge is -2.46. The predicted octanol–water partition coefficient (Wildman–Crippen LogP) is 4.84. The molecule has 2 aliphatic rings. The third kappa shape index (κ3) is 2.69. The van der Waals surface area contributed by atoms with Gasteiger partial charge in [-0.15, -0.1) is 0 Å².